The van der Waals surface area contributed by atoms with Gasteiger partial charge in [-0.05, 0) is 55.3 Å². The molecule has 7 heteroatoms. The van der Waals surface area contributed by atoms with Crippen LogP contribution in [-0.4, -0.2) is 15.5 Å². The highest BCUT2D eigenvalue weighted by Gasteiger charge is 2.15. The van der Waals surface area contributed by atoms with Crippen LogP contribution >= 0.6 is 11.6 Å². The molecule has 0 radical (unpaired) electrons. The van der Waals surface area contributed by atoms with Gasteiger partial charge in [0.15, 0.2) is 0 Å². The Bertz CT molecular complexity index is 1090. The number of rotatable bonds is 6. The monoisotopic (exact) mass is 413 g/mol. The van der Waals surface area contributed by atoms with Gasteiger partial charge in [-0.15, -0.1) is 0 Å². The molecule has 0 aliphatic rings. The molecule has 150 valence electrons. The molecular weight excluding hydrogens is 393 g/mol. The lowest BCUT2D eigenvalue weighted by Crippen LogP contribution is -2.30. The van der Waals surface area contributed by atoms with Crippen LogP contribution in [0.4, 0.5) is 10.1 Å². The first-order chi connectivity index (χ1) is 13.9. The first-order valence-corrected chi connectivity index (χ1v) is 9.68. The van der Waals surface area contributed by atoms with Crippen molar-refractivity contribution in [3.8, 4) is 11.4 Å². The molecule has 3 rings (SSSR count). The molecular formula is C22H21ClFN3O2. The Morgan fingerprint density at radius 2 is 1.90 bits per heavy atom. The summed E-state index contributed by atoms with van der Waals surface area (Å²) in [5.74, 6) is -0.475. The molecule has 3 aromatic rings. The average Bonchev–Trinajstić information content (AvgIpc) is 2.67. The fraction of sp³-hybridized carbons (Fsp3) is 0.227. The first-order valence-electron chi connectivity index (χ1n) is 9.30. The van der Waals surface area contributed by atoms with E-state index in [0.29, 0.717) is 34.2 Å². The van der Waals surface area contributed by atoms with E-state index in [2.05, 4.69) is 10.3 Å². The normalized spacial score (nSPS) is 10.8. The van der Waals surface area contributed by atoms with Gasteiger partial charge in [-0.1, -0.05) is 31.0 Å². The van der Waals surface area contributed by atoms with Crippen LogP contribution in [0.5, 0.6) is 0 Å². The molecule has 0 spiro atoms. The minimum atomic E-state index is -0.411. The Hall–Kier alpha value is -2.99. The van der Waals surface area contributed by atoms with Gasteiger partial charge in [0.2, 0.25) is 5.91 Å². The van der Waals surface area contributed by atoms with Crippen molar-refractivity contribution in [2.75, 3.05) is 5.32 Å². The molecule has 0 aliphatic heterocycles. The molecule has 0 saturated heterocycles. The molecule has 2 aromatic carbocycles. The topological polar surface area (TPSA) is 64.0 Å². The summed E-state index contributed by atoms with van der Waals surface area (Å²) < 4.78 is 14.6. The van der Waals surface area contributed by atoms with Crippen LogP contribution in [0.1, 0.15) is 24.6 Å². The highest BCUT2D eigenvalue weighted by molar-refractivity contribution is 6.33. The van der Waals surface area contributed by atoms with Crippen LogP contribution in [0.25, 0.3) is 11.4 Å². The van der Waals surface area contributed by atoms with Crippen molar-refractivity contribution in [3.05, 3.63) is 81.0 Å². The summed E-state index contributed by atoms with van der Waals surface area (Å²) in [6, 6.07) is 12.4. The molecule has 0 saturated carbocycles. The largest absolute Gasteiger partial charge is 0.323 e. The number of hydrogen-bond donors (Lipinski definition) is 1. The van der Waals surface area contributed by atoms with E-state index in [1.807, 2.05) is 19.9 Å². The van der Waals surface area contributed by atoms with Crippen molar-refractivity contribution >= 4 is 23.2 Å². The van der Waals surface area contributed by atoms with Gasteiger partial charge in [-0.3, -0.25) is 14.2 Å². The molecule has 1 aromatic heterocycles. The van der Waals surface area contributed by atoms with Crippen molar-refractivity contribution in [2.45, 2.75) is 33.2 Å². The van der Waals surface area contributed by atoms with Crippen molar-refractivity contribution in [3.63, 3.8) is 0 Å². The number of anilines is 1. The summed E-state index contributed by atoms with van der Waals surface area (Å²) in [5.41, 5.74) is 2.29. The number of halogens is 2. The second-order valence-electron chi connectivity index (χ2n) is 6.78. The lowest BCUT2D eigenvalue weighted by Gasteiger charge is -2.14. The Morgan fingerprint density at radius 3 is 2.55 bits per heavy atom. The predicted octanol–water partition coefficient (Wildman–Crippen LogP) is 4.60. The number of aryl methyl sites for hydroxylation is 2. The molecule has 1 amide bonds. The van der Waals surface area contributed by atoms with Crippen molar-refractivity contribution in [1.82, 2.24) is 9.55 Å². The van der Waals surface area contributed by atoms with Gasteiger partial charge in [0.25, 0.3) is 5.56 Å². The molecule has 0 aliphatic carbocycles. The maximum Gasteiger partial charge on any atom is 0.254 e. The zero-order valence-electron chi connectivity index (χ0n) is 16.2. The fourth-order valence-corrected chi connectivity index (χ4v) is 3.25. The number of amides is 1. The van der Waals surface area contributed by atoms with Gasteiger partial charge in [0.05, 0.1) is 10.7 Å². The number of nitrogens with one attached hydrogen (secondary N) is 1. The molecule has 0 atom stereocenters. The number of hydrogen-bond acceptors (Lipinski definition) is 3. The Balaban J connectivity index is 1.95. The lowest BCUT2D eigenvalue weighted by molar-refractivity contribution is -0.116. The lowest BCUT2D eigenvalue weighted by atomic mass is 10.1. The molecule has 0 unspecified atom stereocenters. The SMILES string of the molecule is CCCc1cc(=O)n(CC(=O)Nc2ccc(C)cc2Cl)c(-c2ccc(F)cc2)n1. The summed E-state index contributed by atoms with van der Waals surface area (Å²) in [7, 11) is 0. The number of aromatic nitrogens is 2. The van der Waals surface area contributed by atoms with E-state index in [1.165, 1.54) is 34.9 Å². The van der Waals surface area contributed by atoms with Gasteiger partial charge in [-0.25, -0.2) is 9.37 Å². The maximum absolute atomic E-state index is 13.3. The number of carbonyl (C=O) groups excluding carboxylic acids is 1. The zero-order valence-corrected chi connectivity index (χ0v) is 17.0. The van der Waals surface area contributed by atoms with E-state index in [0.717, 1.165) is 12.0 Å². The zero-order chi connectivity index (χ0) is 21.0. The quantitative estimate of drug-likeness (QED) is 0.642. The second kappa shape index (κ2) is 9.01. The van der Waals surface area contributed by atoms with E-state index in [4.69, 9.17) is 11.6 Å². The molecule has 0 bridgehead atoms. The molecule has 29 heavy (non-hydrogen) atoms. The van der Waals surface area contributed by atoms with E-state index in [9.17, 15) is 14.0 Å². The molecule has 1 heterocycles. The summed E-state index contributed by atoms with van der Waals surface area (Å²) >= 11 is 6.17. The highest BCUT2D eigenvalue weighted by Crippen LogP contribution is 2.23. The van der Waals surface area contributed by atoms with Crippen LogP contribution in [0.2, 0.25) is 5.02 Å². The van der Waals surface area contributed by atoms with Crippen LogP contribution in [0.3, 0.4) is 0 Å². The number of carbonyl (C=O) groups is 1. The summed E-state index contributed by atoms with van der Waals surface area (Å²) in [6.45, 7) is 3.65. The Morgan fingerprint density at radius 1 is 1.17 bits per heavy atom. The predicted molar refractivity (Wildman–Crippen MR) is 113 cm³/mol. The average molecular weight is 414 g/mol. The summed E-state index contributed by atoms with van der Waals surface area (Å²) in [4.78, 5) is 29.9. The third kappa shape index (κ3) is 5.09. The van der Waals surface area contributed by atoms with E-state index >= 15 is 0 Å². The highest BCUT2D eigenvalue weighted by atomic mass is 35.5. The van der Waals surface area contributed by atoms with E-state index < -0.39 is 5.91 Å². The summed E-state index contributed by atoms with van der Waals surface area (Å²) in [6.07, 6.45) is 1.46. The van der Waals surface area contributed by atoms with Crippen LogP contribution in [-0.2, 0) is 17.8 Å². The van der Waals surface area contributed by atoms with Crippen LogP contribution in [0.15, 0.2) is 53.3 Å². The van der Waals surface area contributed by atoms with Crippen LogP contribution < -0.4 is 10.9 Å². The van der Waals surface area contributed by atoms with Crippen molar-refractivity contribution in [1.29, 1.82) is 0 Å². The van der Waals surface area contributed by atoms with E-state index in [-0.39, 0.29) is 17.9 Å². The van der Waals surface area contributed by atoms with Crippen molar-refractivity contribution < 1.29 is 9.18 Å². The van der Waals surface area contributed by atoms with E-state index in [1.54, 1.807) is 12.1 Å². The fourth-order valence-electron chi connectivity index (χ4n) is 2.96. The minimum Gasteiger partial charge on any atom is -0.323 e. The Labute approximate surface area is 173 Å². The third-order valence-corrected chi connectivity index (χ3v) is 4.68. The number of benzene rings is 2. The molecule has 1 N–H and O–H groups in total. The van der Waals surface area contributed by atoms with Gasteiger partial charge < -0.3 is 5.32 Å². The van der Waals surface area contributed by atoms with Crippen LogP contribution in [0, 0.1) is 12.7 Å². The third-order valence-electron chi connectivity index (χ3n) is 4.37. The molecule has 5 nitrogen and oxygen atoms in total. The summed E-state index contributed by atoms with van der Waals surface area (Å²) in [5, 5.41) is 3.14. The smallest absolute Gasteiger partial charge is 0.254 e. The molecule has 0 fully saturated rings. The Kier molecular flexibility index (Phi) is 6.44. The number of nitrogens with zero attached hydrogens (tertiary/aromatic N) is 2. The second-order valence-corrected chi connectivity index (χ2v) is 7.19. The first kappa shape index (κ1) is 20.7. The van der Waals surface area contributed by atoms with Gasteiger partial charge in [-0.2, -0.15) is 0 Å². The van der Waals surface area contributed by atoms with Gasteiger partial charge in [0.1, 0.15) is 18.2 Å². The van der Waals surface area contributed by atoms with Gasteiger partial charge in [0, 0.05) is 17.3 Å². The van der Waals surface area contributed by atoms with Crippen molar-refractivity contribution in [2.24, 2.45) is 0 Å². The minimum absolute atomic E-state index is 0.241. The maximum atomic E-state index is 13.3. The van der Waals surface area contributed by atoms with Gasteiger partial charge >= 0.3 is 0 Å². The standard InChI is InChI=1S/C22H21ClFN3O2/c1-3-4-17-12-21(29)27(22(25-17)15-6-8-16(24)9-7-15)13-20(28)26-19-10-5-14(2)11-18(19)23/h5-12H,3-4,13H2,1-2H3,(H,26,28).